The lowest BCUT2D eigenvalue weighted by atomic mass is 9.89. The number of pyridine rings is 1. The first-order chi connectivity index (χ1) is 23.2. The zero-order chi connectivity index (χ0) is 33.6. The highest BCUT2D eigenvalue weighted by Crippen LogP contribution is 2.53. The zero-order valence-corrected chi connectivity index (χ0v) is 29.8. The van der Waals surface area contributed by atoms with Crippen molar-refractivity contribution in [1.29, 1.82) is 0 Å². The molecule has 3 aromatic carbocycles. The Morgan fingerprint density at radius 3 is 2.69 bits per heavy atom. The van der Waals surface area contributed by atoms with Gasteiger partial charge in [-0.1, -0.05) is 78.3 Å². The molecule has 2 unspecified atom stereocenters. The number of carbonyl (C=O) groups is 1. The molecule has 0 amide bonds. The fourth-order valence-electron chi connectivity index (χ4n) is 6.60. The number of halogens is 1. The monoisotopic (exact) mass is 683 g/mol. The van der Waals surface area contributed by atoms with Gasteiger partial charge in [0.2, 0.25) is 0 Å². The molecular formula is C41H46ClNO4S. The number of carbonyl (C=O) groups excluding carboxylic acids is 1. The molecule has 1 saturated heterocycles. The van der Waals surface area contributed by atoms with Crippen LogP contribution in [-0.4, -0.2) is 36.7 Å². The Morgan fingerprint density at radius 2 is 1.90 bits per heavy atom. The van der Waals surface area contributed by atoms with Gasteiger partial charge in [0.25, 0.3) is 0 Å². The van der Waals surface area contributed by atoms with Crippen molar-refractivity contribution < 1.29 is 19.0 Å². The van der Waals surface area contributed by atoms with Crippen LogP contribution >= 0.6 is 23.4 Å². The molecule has 252 valence electrons. The molecule has 1 aliphatic carbocycles. The Morgan fingerprint density at radius 1 is 1.06 bits per heavy atom. The van der Waals surface area contributed by atoms with Crippen LogP contribution in [0.4, 0.5) is 0 Å². The summed E-state index contributed by atoms with van der Waals surface area (Å²) in [4.78, 5) is 17.0. The summed E-state index contributed by atoms with van der Waals surface area (Å²) in [5, 5.41) is 2.01. The van der Waals surface area contributed by atoms with E-state index in [1.807, 2.05) is 36.0 Å². The largest absolute Gasteiger partial charge is 0.469 e. The third-order valence-electron chi connectivity index (χ3n) is 9.61. The van der Waals surface area contributed by atoms with Crippen LogP contribution in [0.15, 0.2) is 78.9 Å². The molecule has 2 atom stereocenters. The Bertz CT molecular complexity index is 1740. The lowest BCUT2D eigenvalue weighted by Crippen LogP contribution is -2.33. The van der Waals surface area contributed by atoms with Gasteiger partial charge >= 0.3 is 5.97 Å². The van der Waals surface area contributed by atoms with Gasteiger partial charge in [0.05, 0.1) is 30.3 Å². The van der Waals surface area contributed by atoms with Crippen LogP contribution in [-0.2, 0) is 31.0 Å². The van der Waals surface area contributed by atoms with Crippen molar-refractivity contribution in [1.82, 2.24) is 4.98 Å². The number of hydrogen-bond donors (Lipinski definition) is 0. The first-order valence-corrected chi connectivity index (χ1v) is 18.6. The molecule has 48 heavy (non-hydrogen) atoms. The minimum Gasteiger partial charge on any atom is -0.469 e. The van der Waals surface area contributed by atoms with Crippen molar-refractivity contribution in [3.8, 4) is 0 Å². The van der Waals surface area contributed by atoms with Crippen LogP contribution in [0.3, 0.4) is 0 Å². The minimum absolute atomic E-state index is 0.0475. The Balaban J connectivity index is 1.21. The average molecular weight is 684 g/mol. The smallest absolute Gasteiger partial charge is 0.306 e. The van der Waals surface area contributed by atoms with Crippen molar-refractivity contribution in [3.63, 3.8) is 0 Å². The first-order valence-electron chi connectivity index (χ1n) is 17.1. The van der Waals surface area contributed by atoms with Gasteiger partial charge in [0.1, 0.15) is 0 Å². The highest BCUT2D eigenvalue weighted by molar-refractivity contribution is 7.99. The van der Waals surface area contributed by atoms with E-state index in [2.05, 4.69) is 80.6 Å². The van der Waals surface area contributed by atoms with Crippen molar-refractivity contribution in [2.24, 2.45) is 5.41 Å². The minimum atomic E-state index is -0.466. The number of hydrogen-bond acceptors (Lipinski definition) is 6. The lowest BCUT2D eigenvalue weighted by Gasteiger charge is -2.34. The van der Waals surface area contributed by atoms with Gasteiger partial charge in [0.15, 0.2) is 6.29 Å². The molecule has 4 aromatic rings. The van der Waals surface area contributed by atoms with Crippen LogP contribution in [0.25, 0.3) is 23.1 Å². The molecule has 2 aliphatic rings. The number of benzene rings is 3. The SMILES string of the molecule is COC(=O)CC1(CSC(CCc2ccccc2C(C)(C)OC2CCCCO2)c2cccc(/C=C/c3ccc4ccc(Cl)cc4n3)c2)CC1. The zero-order valence-electron chi connectivity index (χ0n) is 28.3. The van der Waals surface area contributed by atoms with Crippen LogP contribution < -0.4 is 0 Å². The predicted octanol–water partition coefficient (Wildman–Crippen LogP) is 10.6. The maximum absolute atomic E-state index is 12.2. The van der Waals surface area contributed by atoms with Gasteiger partial charge in [-0.3, -0.25) is 4.79 Å². The highest BCUT2D eigenvalue weighted by Gasteiger charge is 2.45. The second kappa shape index (κ2) is 15.6. The maximum Gasteiger partial charge on any atom is 0.306 e. The normalized spacial score (nSPS) is 18.2. The molecule has 7 heteroatoms. The maximum atomic E-state index is 12.2. The van der Waals surface area contributed by atoms with Gasteiger partial charge in [-0.2, -0.15) is 11.8 Å². The molecule has 6 rings (SSSR count). The summed E-state index contributed by atoms with van der Waals surface area (Å²) in [5.74, 6) is 0.825. The third kappa shape index (κ3) is 9.09. The van der Waals surface area contributed by atoms with Crippen LogP contribution in [0.5, 0.6) is 0 Å². The van der Waals surface area contributed by atoms with E-state index in [-0.39, 0.29) is 22.9 Å². The van der Waals surface area contributed by atoms with E-state index in [1.54, 1.807) is 0 Å². The molecule has 0 bridgehead atoms. The summed E-state index contributed by atoms with van der Waals surface area (Å²) in [5.41, 5.74) is 6.29. The van der Waals surface area contributed by atoms with Crippen LogP contribution in [0, 0.1) is 5.41 Å². The second-order valence-corrected chi connectivity index (χ2v) is 15.4. The van der Waals surface area contributed by atoms with Crippen molar-refractivity contribution in [2.75, 3.05) is 19.5 Å². The number of aromatic nitrogens is 1. The fourth-order valence-corrected chi connectivity index (χ4v) is 8.34. The fraction of sp³-hybridized carbons (Fsp3) is 0.415. The van der Waals surface area contributed by atoms with Gasteiger partial charge in [-0.15, -0.1) is 0 Å². The first kappa shape index (κ1) is 34.7. The molecule has 1 aromatic heterocycles. The van der Waals surface area contributed by atoms with E-state index in [4.69, 9.17) is 30.8 Å². The molecule has 1 saturated carbocycles. The number of rotatable bonds is 14. The number of esters is 1. The summed E-state index contributed by atoms with van der Waals surface area (Å²) < 4.78 is 17.6. The van der Waals surface area contributed by atoms with E-state index in [9.17, 15) is 4.79 Å². The summed E-state index contributed by atoms with van der Waals surface area (Å²) >= 11 is 8.20. The molecule has 1 aliphatic heterocycles. The molecule has 0 N–H and O–H groups in total. The third-order valence-corrected chi connectivity index (χ3v) is 11.5. The van der Waals surface area contributed by atoms with Gasteiger partial charge in [-0.05, 0) is 111 Å². The topological polar surface area (TPSA) is 57.7 Å². The number of aryl methyl sites for hydroxylation is 1. The van der Waals surface area contributed by atoms with E-state index < -0.39 is 5.60 Å². The molecule has 0 spiro atoms. The quantitative estimate of drug-likeness (QED) is 0.123. The molecular weight excluding hydrogens is 638 g/mol. The van der Waals surface area contributed by atoms with Crippen LogP contribution in [0.1, 0.15) is 92.0 Å². The second-order valence-electron chi connectivity index (χ2n) is 13.7. The molecule has 2 fully saturated rings. The number of nitrogens with zero attached hydrogens (tertiary/aromatic N) is 1. The van der Waals surface area contributed by atoms with Gasteiger partial charge in [0, 0.05) is 28.0 Å². The van der Waals surface area contributed by atoms with Crippen LogP contribution in [0.2, 0.25) is 5.02 Å². The predicted molar refractivity (Wildman–Crippen MR) is 198 cm³/mol. The van der Waals surface area contributed by atoms with E-state index >= 15 is 0 Å². The molecule has 2 heterocycles. The van der Waals surface area contributed by atoms with Crippen molar-refractivity contribution >= 4 is 52.4 Å². The Hall–Kier alpha value is -3.16. The lowest BCUT2D eigenvalue weighted by molar-refractivity contribution is -0.219. The summed E-state index contributed by atoms with van der Waals surface area (Å²) in [6.45, 7) is 5.09. The Labute approximate surface area is 294 Å². The van der Waals surface area contributed by atoms with Gasteiger partial charge in [-0.25, -0.2) is 4.98 Å². The van der Waals surface area contributed by atoms with E-state index in [0.29, 0.717) is 11.4 Å². The number of ether oxygens (including phenoxy) is 3. The molecule has 5 nitrogen and oxygen atoms in total. The van der Waals surface area contributed by atoms with E-state index in [1.165, 1.54) is 23.8 Å². The standard InChI is InChI=1S/C41H46ClNO4S/c1-40(2,47-39-13-6-7-24-46-39)35-12-5-4-10-30(35)17-21-37(48-28-41(22-23-41)27-38(44)45-3)32-11-8-9-29(25-32)14-19-34-20-16-31-15-18-33(42)26-36(31)43-34/h4-5,8-12,14-16,18-20,25-26,37,39H,6-7,13,17,21-24,27-28H2,1-3H3/b19-14+. The number of thioether (sulfide) groups is 1. The number of fused-ring (bicyclic) bond motifs is 1. The van der Waals surface area contributed by atoms with Gasteiger partial charge < -0.3 is 14.2 Å². The Kier molecular flexibility index (Phi) is 11.3. The highest BCUT2D eigenvalue weighted by atomic mass is 35.5. The summed E-state index contributed by atoms with van der Waals surface area (Å²) in [6.07, 6.45) is 11.7. The van der Waals surface area contributed by atoms with Crippen molar-refractivity contribution in [3.05, 3.63) is 112 Å². The van der Waals surface area contributed by atoms with Crippen molar-refractivity contribution in [2.45, 2.75) is 82.4 Å². The average Bonchev–Trinajstić information content (AvgIpc) is 3.86. The summed E-state index contributed by atoms with van der Waals surface area (Å²) in [6, 6.07) is 27.4. The summed E-state index contributed by atoms with van der Waals surface area (Å²) in [7, 11) is 1.49. The number of methoxy groups -OCH3 is 1. The molecule has 0 radical (unpaired) electrons. The van der Waals surface area contributed by atoms with E-state index in [0.717, 1.165) is 79.5 Å².